The van der Waals surface area contributed by atoms with Crippen LogP contribution in [0.2, 0.25) is 0 Å². The monoisotopic (exact) mass is 364 g/mol. The van der Waals surface area contributed by atoms with Crippen LogP contribution in [0.4, 0.5) is 10.5 Å². The average Bonchev–Trinajstić information content (AvgIpc) is 2.44. The SMILES string of the molecule is CCN(CC)c1ccc(OC(=O)NC)cc1.CI. The highest BCUT2D eigenvalue weighted by atomic mass is 127. The van der Waals surface area contributed by atoms with Gasteiger partial charge in [0.15, 0.2) is 0 Å². The van der Waals surface area contributed by atoms with Gasteiger partial charge in [-0.05, 0) is 43.0 Å². The molecule has 0 aliphatic heterocycles. The molecule has 5 heteroatoms. The van der Waals surface area contributed by atoms with Crippen LogP contribution in [0.5, 0.6) is 5.75 Å². The Balaban J connectivity index is 0.00000137. The summed E-state index contributed by atoms with van der Waals surface area (Å²) in [5.41, 5.74) is 1.13. The van der Waals surface area contributed by atoms with Crippen molar-refractivity contribution in [2.75, 3.05) is 30.0 Å². The number of rotatable bonds is 4. The highest BCUT2D eigenvalue weighted by Gasteiger charge is 2.03. The van der Waals surface area contributed by atoms with Gasteiger partial charge in [-0.3, -0.25) is 0 Å². The minimum Gasteiger partial charge on any atom is -0.410 e. The summed E-state index contributed by atoms with van der Waals surface area (Å²) in [6, 6.07) is 7.49. The Kier molecular flexibility index (Phi) is 9.45. The molecule has 0 heterocycles. The molecule has 0 aliphatic rings. The van der Waals surface area contributed by atoms with Gasteiger partial charge in [0.25, 0.3) is 0 Å². The maximum atomic E-state index is 11.0. The van der Waals surface area contributed by atoms with E-state index in [1.165, 1.54) is 7.05 Å². The number of amides is 1. The Hall–Kier alpha value is -0.980. The number of carbonyl (C=O) groups excluding carboxylic acids is 1. The molecule has 0 unspecified atom stereocenters. The van der Waals surface area contributed by atoms with Gasteiger partial charge in [-0.2, -0.15) is 0 Å². The molecule has 1 rings (SSSR count). The molecule has 0 bridgehead atoms. The maximum absolute atomic E-state index is 11.0. The van der Waals surface area contributed by atoms with Crippen molar-refractivity contribution in [2.45, 2.75) is 13.8 Å². The van der Waals surface area contributed by atoms with Crippen LogP contribution < -0.4 is 15.0 Å². The molecule has 0 aromatic heterocycles. The van der Waals surface area contributed by atoms with E-state index in [1.807, 2.05) is 17.1 Å². The number of alkyl halides is 1. The topological polar surface area (TPSA) is 41.6 Å². The van der Waals surface area contributed by atoms with Gasteiger partial charge in [0.1, 0.15) is 5.75 Å². The molecule has 1 aromatic carbocycles. The molecule has 0 radical (unpaired) electrons. The van der Waals surface area contributed by atoms with Crippen molar-refractivity contribution in [1.82, 2.24) is 5.32 Å². The van der Waals surface area contributed by atoms with E-state index in [-0.39, 0.29) is 0 Å². The van der Waals surface area contributed by atoms with E-state index in [9.17, 15) is 4.79 Å². The molecule has 1 amide bonds. The molecule has 0 aliphatic carbocycles. The fourth-order valence-corrected chi connectivity index (χ4v) is 1.47. The first-order valence-electron chi connectivity index (χ1n) is 5.83. The lowest BCUT2D eigenvalue weighted by Crippen LogP contribution is -2.23. The zero-order chi connectivity index (χ0) is 14.0. The minimum atomic E-state index is -0.449. The summed E-state index contributed by atoms with van der Waals surface area (Å²) in [6.07, 6.45) is -0.449. The molecule has 0 saturated heterocycles. The molecule has 1 aromatic rings. The quantitative estimate of drug-likeness (QED) is 0.659. The summed E-state index contributed by atoms with van der Waals surface area (Å²) in [5, 5.41) is 2.40. The average molecular weight is 364 g/mol. The van der Waals surface area contributed by atoms with Gasteiger partial charge >= 0.3 is 6.09 Å². The lowest BCUT2D eigenvalue weighted by molar-refractivity contribution is 0.203. The molecule has 18 heavy (non-hydrogen) atoms. The van der Waals surface area contributed by atoms with Crippen LogP contribution in [0.25, 0.3) is 0 Å². The van der Waals surface area contributed by atoms with Crippen molar-refractivity contribution < 1.29 is 9.53 Å². The van der Waals surface area contributed by atoms with Crippen LogP contribution in [-0.4, -0.2) is 31.2 Å². The molecular formula is C13H21IN2O2. The van der Waals surface area contributed by atoms with Gasteiger partial charge in [0.2, 0.25) is 0 Å². The van der Waals surface area contributed by atoms with Crippen LogP contribution in [0.3, 0.4) is 0 Å². The predicted molar refractivity (Wildman–Crippen MR) is 85.0 cm³/mol. The number of ether oxygens (including phenoxy) is 1. The summed E-state index contributed by atoms with van der Waals surface area (Å²) < 4.78 is 5.00. The summed E-state index contributed by atoms with van der Waals surface area (Å²) in [4.78, 5) is 15.2. The number of hydrogen-bond acceptors (Lipinski definition) is 3. The number of hydrogen-bond donors (Lipinski definition) is 1. The van der Waals surface area contributed by atoms with Crippen LogP contribution in [0.15, 0.2) is 24.3 Å². The van der Waals surface area contributed by atoms with Gasteiger partial charge in [-0.1, -0.05) is 22.6 Å². The van der Waals surface area contributed by atoms with Crippen molar-refractivity contribution in [2.24, 2.45) is 0 Å². The largest absolute Gasteiger partial charge is 0.412 e. The summed E-state index contributed by atoms with van der Waals surface area (Å²) in [5.74, 6) is 0.551. The van der Waals surface area contributed by atoms with E-state index in [4.69, 9.17) is 4.74 Å². The second-order valence-corrected chi connectivity index (χ2v) is 3.31. The summed E-state index contributed by atoms with van der Waals surface area (Å²) in [7, 11) is 1.53. The Morgan fingerprint density at radius 3 is 2.11 bits per heavy atom. The smallest absolute Gasteiger partial charge is 0.410 e. The highest BCUT2D eigenvalue weighted by molar-refractivity contribution is 14.1. The third kappa shape index (κ3) is 5.57. The van der Waals surface area contributed by atoms with Gasteiger partial charge in [-0.15, -0.1) is 0 Å². The Morgan fingerprint density at radius 2 is 1.72 bits per heavy atom. The summed E-state index contributed by atoms with van der Waals surface area (Å²) >= 11 is 2.15. The maximum Gasteiger partial charge on any atom is 0.412 e. The first-order chi connectivity index (χ1) is 8.71. The lowest BCUT2D eigenvalue weighted by Gasteiger charge is -2.20. The standard InChI is InChI=1S/C12H18N2O2.CH3I/c1-4-14(5-2)10-6-8-11(9-7-10)16-12(15)13-3;1-2/h6-9H,4-5H2,1-3H3,(H,13,15);1H3. The number of carbonyl (C=O) groups is 1. The molecule has 0 fully saturated rings. The van der Waals surface area contributed by atoms with Crippen LogP contribution in [-0.2, 0) is 0 Å². The second kappa shape index (κ2) is 9.99. The van der Waals surface area contributed by atoms with Crippen molar-refractivity contribution in [3.63, 3.8) is 0 Å². The first-order valence-corrected chi connectivity index (χ1v) is 7.99. The number of nitrogens with zero attached hydrogens (tertiary/aromatic N) is 1. The fraction of sp³-hybridized carbons (Fsp3) is 0.462. The van der Waals surface area contributed by atoms with E-state index in [0.717, 1.165) is 18.8 Å². The van der Waals surface area contributed by atoms with Crippen molar-refractivity contribution in [3.8, 4) is 5.75 Å². The molecule has 1 N–H and O–H groups in total. The predicted octanol–water partition coefficient (Wildman–Crippen LogP) is 3.30. The molecule has 102 valence electrons. The zero-order valence-electron chi connectivity index (χ0n) is 11.4. The Morgan fingerprint density at radius 1 is 1.22 bits per heavy atom. The Labute approximate surface area is 123 Å². The van der Waals surface area contributed by atoms with Crippen LogP contribution >= 0.6 is 22.6 Å². The fourth-order valence-electron chi connectivity index (χ4n) is 1.47. The second-order valence-electron chi connectivity index (χ2n) is 3.31. The van der Waals surface area contributed by atoms with E-state index in [1.54, 1.807) is 12.1 Å². The number of nitrogens with one attached hydrogen (secondary N) is 1. The van der Waals surface area contributed by atoms with Crippen molar-refractivity contribution >= 4 is 34.4 Å². The highest BCUT2D eigenvalue weighted by Crippen LogP contribution is 2.19. The normalized spacial score (nSPS) is 8.94. The van der Waals surface area contributed by atoms with E-state index in [2.05, 4.69) is 46.7 Å². The van der Waals surface area contributed by atoms with E-state index < -0.39 is 6.09 Å². The number of benzene rings is 1. The third-order valence-corrected chi connectivity index (χ3v) is 2.38. The Bertz CT molecular complexity index is 337. The van der Waals surface area contributed by atoms with Crippen LogP contribution in [0.1, 0.15) is 13.8 Å². The van der Waals surface area contributed by atoms with Crippen molar-refractivity contribution in [1.29, 1.82) is 0 Å². The third-order valence-electron chi connectivity index (χ3n) is 2.38. The van der Waals surface area contributed by atoms with Gasteiger partial charge in [-0.25, -0.2) is 4.79 Å². The van der Waals surface area contributed by atoms with E-state index in [0.29, 0.717) is 5.75 Å². The molecule has 0 spiro atoms. The van der Waals surface area contributed by atoms with Crippen molar-refractivity contribution in [3.05, 3.63) is 24.3 Å². The van der Waals surface area contributed by atoms with Gasteiger partial charge < -0.3 is 15.0 Å². The van der Waals surface area contributed by atoms with Crippen LogP contribution in [0, 0.1) is 0 Å². The van der Waals surface area contributed by atoms with Gasteiger partial charge in [0, 0.05) is 25.8 Å². The zero-order valence-corrected chi connectivity index (χ0v) is 13.5. The van der Waals surface area contributed by atoms with Gasteiger partial charge in [0.05, 0.1) is 0 Å². The summed E-state index contributed by atoms with van der Waals surface area (Å²) in [6.45, 7) is 6.15. The number of anilines is 1. The molecule has 0 saturated carbocycles. The lowest BCUT2D eigenvalue weighted by atomic mass is 10.2. The van der Waals surface area contributed by atoms with E-state index >= 15 is 0 Å². The molecular weight excluding hydrogens is 343 g/mol. The number of halogens is 1. The minimum absolute atomic E-state index is 0.449. The first kappa shape index (κ1) is 17.0. The molecule has 0 atom stereocenters. The molecule has 4 nitrogen and oxygen atoms in total.